The van der Waals surface area contributed by atoms with E-state index in [2.05, 4.69) is 5.32 Å². The minimum absolute atomic E-state index is 0.0521. The molecule has 0 aromatic heterocycles. The first-order chi connectivity index (χ1) is 17.3. The highest BCUT2D eigenvalue weighted by atomic mass is 35.5. The normalized spacial score (nSPS) is 14.3. The summed E-state index contributed by atoms with van der Waals surface area (Å²) < 4.78 is 24.1. The zero-order valence-electron chi connectivity index (χ0n) is 19.0. The number of thioether (sulfide) groups is 1. The van der Waals surface area contributed by atoms with Crippen LogP contribution in [0, 0.1) is 5.82 Å². The van der Waals surface area contributed by atoms with Gasteiger partial charge in [0.2, 0.25) is 0 Å². The van der Waals surface area contributed by atoms with Crippen LogP contribution in [0.1, 0.15) is 11.1 Å². The van der Waals surface area contributed by atoms with E-state index in [1.807, 2.05) is 0 Å². The first kappa shape index (κ1) is 25.3. The maximum Gasteiger partial charge on any atom is 0.293 e. The van der Waals surface area contributed by atoms with E-state index < -0.39 is 17.0 Å². The van der Waals surface area contributed by atoms with Crippen LogP contribution >= 0.6 is 23.4 Å². The third kappa shape index (κ3) is 6.24. The number of rotatable bonds is 8. The third-order valence-electron chi connectivity index (χ3n) is 5.10. The van der Waals surface area contributed by atoms with E-state index in [1.165, 1.54) is 31.4 Å². The monoisotopic (exact) mass is 526 g/mol. The highest BCUT2D eigenvalue weighted by Crippen LogP contribution is 2.35. The number of amides is 3. The molecule has 3 amide bonds. The maximum absolute atomic E-state index is 13.1. The molecule has 184 valence electrons. The molecule has 36 heavy (non-hydrogen) atoms. The molecular weight excluding hydrogens is 507 g/mol. The molecule has 1 N–H and O–H groups in total. The van der Waals surface area contributed by atoms with Crippen molar-refractivity contribution in [3.63, 3.8) is 0 Å². The summed E-state index contributed by atoms with van der Waals surface area (Å²) in [6.45, 7) is -0.197. The molecule has 0 radical (unpaired) electrons. The van der Waals surface area contributed by atoms with Crippen molar-refractivity contribution in [3.8, 4) is 11.5 Å². The van der Waals surface area contributed by atoms with Gasteiger partial charge in [-0.05, 0) is 77.5 Å². The Morgan fingerprint density at radius 3 is 2.47 bits per heavy atom. The number of anilines is 1. The lowest BCUT2D eigenvalue weighted by Gasteiger charge is -2.12. The molecular formula is C26H20ClFN2O5S. The Labute approximate surface area is 215 Å². The zero-order valence-corrected chi connectivity index (χ0v) is 20.6. The van der Waals surface area contributed by atoms with Gasteiger partial charge >= 0.3 is 0 Å². The Balaban J connectivity index is 1.41. The molecule has 0 aliphatic carbocycles. The van der Waals surface area contributed by atoms with E-state index in [-0.39, 0.29) is 24.0 Å². The summed E-state index contributed by atoms with van der Waals surface area (Å²) in [5.41, 5.74) is 1.84. The van der Waals surface area contributed by atoms with Gasteiger partial charge in [-0.2, -0.15) is 0 Å². The Morgan fingerprint density at radius 2 is 1.78 bits per heavy atom. The average Bonchev–Trinajstić information content (AvgIpc) is 3.13. The summed E-state index contributed by atoms with van der Waals surface area (Å²) in [6.07, 6.45) is 1.58. The van der Waals surface area contributed by atoms with Crippen LogP contribution in [-0.4, -0.2) is 35.7 Å². The predicted molar refractivity (Wildman–Crippen MR) is 136 cm³/mol. The van der Waals surface area contributed by atoms with Crippen LogP contribution in [0.5, 0.6) is 11.5 Å². The van der Waals surface area contributed by atoms with E-state index in [1.54, 1.807) is 48.5 Å². The van der Waals surface area contributed by atoms with Crippen LogP contribution < -0.4 is 14.8 Å². The highest BCUT2D eigenvalue weighted by Gasteiger charge is 2.35. The quantitative estimate of drug-likeness (QED) is 0.377. The maximum atomic E-state index is 13.1. The molecule has 0 atom stereocenters. The summed E-state index contributed by atoms with van der Waals surface area (Å²) >= 11 is 6.67. The van der Waals surface area contributed by atoms with Crippen molar-refractivity contribution in [1.82, 2.24) is 4.90 Å². The minimum atomic E-state index is -0.438. The summed E-state index contributed by atoms with van der Waals surface area (Å²) in [5.74, 6) is -0.499. The van der Waals surface area contributed by atoms with Crippen molar-refractivity contribution in [3.05, 3.63) is 93.6 Å². The Morgan fingerprint density at radius 1 is 1.06 bits per heavy atom. The molecule has 3 aromatic carbocycles. The number of nitrogens with zero attached hydrogens (tertiary/aromatic N) is 1. The SMILES string of the molecule is COc1cc(/C=C2\SC(=O)N(Cc3ccc(F)cc3)C2=O)ccc1OCC(=O)Nc1ccc(Cl)cc1. The molecule has 0 unspecified atom stereocenters. The standard InChI is InChI=1S/C26H20ClFN2O5S/c1-34-22-12-17(4-11-21(22)35-15-24(31)29-20-9-5-18(27)6-10-20)13-23-25(32)30(26(33)36-23)14-16-2-7-19(28)8-3-16/h2-13H,14-15H2,1H3,(H,29,31)/b23-13-. The van der Waals surface area contributed by atoms with E-state index in [0.29, 0.717) is 33.3 Å². The summed E-state index contributed by atoms with van der Waals surface area (Å²) in [5, 5.41) is 2.85. The Bertz CT molecular complexity index is 1330. The third-order valence-corrected chi connectivity index (χ3v) is 6.26. The first-order valence-corrected chi connectivity index (χ1v) is 11.9. The van der Waals surface area contributed by atoms with E-state index in [4.69, 9.17) is 21.1 Å². The number of halogens is 2. The molecule has 0 spiro atoms. The Kier molecular flexibility index (Phi) is 7.92. The summed E-state index contributed by atoms with van der Waals surface area (Å²) in [6, 6.07) is 17.2. The largest absolute Gasteiger partial charge is 0.493 e. The van der Waals surface area contributed by atoms with Gasteiger partial charge in [0, 0.05) is 10.7 Å². The van der Waals surface area contributed by atoms with Crippen molar-refractivity contribution in [2.45, 2.75) is 6.54 Å². The molecule has 7 nitrogen and oxygen atoms in total. The number of carbonyl (C=O) groups is 3. The molecule has 1 saturated heterocycles. The molecule has 1 fully saturated rings. The number of methoxy groups -OCH3 is 1. The summed E-state index contributed by atoms with van der Waals surface area (Å²) in [4.78, 5) is 38.7. The van der Waals surface area contributed by atoms with Crippen molar-refractivity contribution in [1.29, 1.82) is 0 Å². The van der Waals surface area contributed by atoms with Crippen LogP contribution in [0.2, 0.25) is 5.02 Å². The predicted octanol–water partition coefficient (Wildman–Crippen LogP) is 5.74. The van der Waals surface area contributed by atoms with Crippen molar-refractivity contribution in [2.75, 3.05) is 19.0 Å². The highest BCUT2D eigenvalue weighted by molar-refractivity contribution is 8.18. The fraction of sp³-hybridized carbons (Fsp3) is 0.115. The second kappa shape index (κ2) is 11.3. The smallest absolute Gasteiger partial charge is 0.293 e. The van der Waals surface area contributed by atoms with E-state index in [0.717, 1.165) is 16.7 Å². The molecule has 0 saturated carbocycles. The van der Waals surface area contributed by atoms with Crippen molar-refractivity contribution in [2.24, 2.45) is 0 Å². The molecule has 4 rings (SSSR count). The van der Waals surface area contributed by atoms with Crippen LogP contribution in [-0.2, 0) is 16.1 Å². The van der Waals surface area contributed by atoms with Gasteiger partial charge in [-0.3, -0.25) is 19.3 Å². The fourth-order valence-corrected chi connectivity index (χ4v) is 4.29. The van der Waals surface area contributed by atoms with Gasteiger partial charge in [-0.15, -0.1) is 0 Å². The van der Waals surface area contributed by atoms with Gasteiger partial charge < -0.3 is 14.8 Å². The second-order valence-corrected chi connectivity index (χ2v) is 9.08. The van der Waals surface area contributed by atoms with Gasteiger partial charge in [-0.25, -0.2) is 4.39 Å². The lowest BCUT2D eigenvalue weighted by atomic mass is 10.1. The second-order valence-electron chi connectivity index (χ2n) is 7.65. The number of benzene rings is 3. The summed E-state index contributed by atoms with van der Waals surface area (Å²) in [7, 11) is 1.45. The number of carbonyl (C=O) groups excluding carboxylic acids is 3. The van der Waals surface area contributed by atoms with E-state index in [9.17, 15) is 18.8 Å². The van der Waals surface area contributed by atoms with Crippen LogP contribution in [0.3, 0.4) is 0 Å². The molecule has 1 heterocycles. The fourth-order valence-electron chi connectivity index (χ4n) is 3.33. The molecule has 3 aromatic rings. The average molecular weight is 527 g/mol. The number of hydrogen-bond acceptors (Lipinski definition) is 6. The van der Waals surface area contributed by atoms with Gasteiger partial charge in [-0.1, -0.05) is 29.8 Å². The number of nitrogens with one attached hydrogen (secondary N) is 1. The first-order valence-electron chi connectivity index (χ1n) is 10.7. The van der Waals surface area contributed by atoms with Crippen LogP contribution in [0.15, 0.2) is 71.6 Å². The minimum Gasteiger partial charge on any atom is -0.493 e. The lowest BCUT2D eigenvalue weighted by Crippen LogP contribution is -2.27. The van der Waals surface area contributed by atoms with Crippen LogP contribution in [0.25, 0.3) is 6.08 Å². The molecule has 1 aliphatic rings. The number of ether oxygens (including phenoxy) is 2. The number of hydrogen-bond donors (Lipinski definition) is 1. The van der Waals surface area contributed by atoms with Crippen molar-refractivity contribution >= 4 is 52.2 Å². The number of imide groups is 1. The van der Waals surface area contributed by atoms with Crippen molar-refractivity contribution < 1.29 is 28.2 Å². The lowest BCUT2D eigenvalue weighted by molar-refractivity contribution is -0.123. The van der Waals surface area contributed by atoms with Gasteiger partial charge in [0.25, 0.3) is 17.1 Å². The van der Waals surface area contributed by atoms with Gasteiger partial charge in [0.05, 0.1) is 18.6 Å². The van der Waals surface area contributed by atoms with E-state index >= 15 is 0 Å². The molecule has 10 heteroatoms. The molecule has 0 bridgehead atoms. The molecule has 1 aliphatic heterocycles. The topological polar surface area (TPSA) is 84.9 Å². The Hall–Kier alpha value is -3.82. The van der Waals surface area contributed by atoms with Gasteiger partial charge in [0.15, 0.2) is 18.1 Å². The van der Waals surface area contributed by atoms with Gasteiger partial charge in [0.1, 0.15) is 5.82 Å². The van der Waals surface area contributed by atoms with Crippen LogP contribution in [0.4, 0.5) is 14.9 Å². The zero-order chi connectivity index (χ0) is 25.7.